The summed E-state index contributed by atoms with van der Waals surface area (Å²) in [6.45, 7) is 2.86. The molecule has 3 nitrogen and oxygen atoms in total. The Kier molecular flexibility index (Phi) is 2.54. The Balaban J connectivity index is 2.18. The quantitative estimate of drug-likeness (QED) is 0.636. The number of ether oxygens (including phenoxy) is 1. The fraction of sp³-hybridized carbons (Fsp3) is 0.857. The Labute approximate surface area is 61.3 Å². The first-order valence-corrected chi connectivity index (χ1v) is 3.79. The van der Waals surface area contributed by atoms with Gasteiger partial charge in [0.05, 0.1) is 6.04 Å². The minimum absolute atomic E-state index is 0.333. The molecule has 1 atom stereocenters. The number of nitrogens with zero attached hydrogens (tertiary/aromatic N) is 1. The molecule has 0 aliphatic carbocycles. The van der Waals surface area contributed by atoms with Crippen LogP contribution in [0.5, 0.6) is 0 Å². The topological polar surface area (TPSA) is 47.6 Å². The van der Waals surface area contributed by atoms with E-state index in [0.29, 0.717) is 18.7 Å². The molecule has 0 bridgehead atoms. The van der Waals surface area contributed by atoms with Gasteiger partial charge >= 0.3 is 0 Å². The maximum Gasteiger partial charge on any atom is 0.282 e. The normalized spacial score (nSPS) is 24.1. The Bertz CT molecular complexity index is 134. The summed E-state index contributed by atoms with van der Waals surface area (Å²) in [7, 11) is 0. The van der Waals surface area contributed by atoms with Crippen LogP contribution >= 0.6 is 0 Å². The van der Waals surface area contributed by atoms with Gasteiger partial charge < -0.3 is 10.5 Å². The maximum atomic E-state index is 5.32. The second-order valence-electron chi connectivity index (χ2n) is 2.57. The van der Waals surface area contributed by atoms with Gasteiger partial charge in [-0.2, -0.15) is 0 Å². The highest BCUT2D eigenvalue weighted by molar-refractivity contribution is 5.72. The zero-order valence-corrected chi connectivity index (χ0v) is 6.34. The van der Waals surface area contributed by atoms with Crippen LogP contribution in [0.4, 0.5) is 0 Å². The summed E-state index contributed by atoms with van der Waals surface area (Å²) in [4.78, 5) is 4.10. The van der Waals surface area contributed by atoms with Crippen molar-refractivity contribution < 1.29 is 4.74 Å². The van der Waals surface area contributed by atoms with Crippen LogP contribution in [-0.2, 0) is 4.74 Å². The lowest BCUT2D eigenvalue weighted by Crippen LogP contribution is -2.10. The molecule has 2 N–H and O–H groups in total. The van der Waals surface area contributed by atoms with E-state index in [9.17, 15) is 0 Å². The number of nitrogens with two attached hydrogens (primary N) is 1. The Morgan fingerprint density at radius 1 is 1.80 bits per heavy atom. The largest absolute Gasteiger partial charge is 0.463 e. The molecule has 0 saturated carbocycles. The van der Waals surface area contributed by atoms with E-state index in [1.807, 2.05) is 0 Å². The summed E-state index contributed by atoms with van der Waals surface area (Å²) in [6.07, 6.45) is 3.54. The number of amidine groups is 1. The molecule has 3 heteroatoms. The first-order chi connectivity index (χ1) is 4.83. The van der Waals surface area contributed by atoms with Gasteiger partial charge in [0, 0.05) is 0 Å². The molecule has 0 aromatic heterocycles. The van der Waals surface area contributed by atoms with E-state index in [4.69, 9.17) is 10.5 Å². The molecular formula is C7H14N2O. The van der Waals surface area contributed by atoms with E-state index < -0.39 is 0 Å². The molecule has 1 heterocycles. The molecule has 10 heavy (non-hydrogen) atoms. The lowest BCUT2D eigenvalue weighted by molar-refractivity contribution is 0.306. The van der Waals surface area contributed by atoms with Gasteiger partial charge in [-0.05, 0) is 6.42 Å². The molecular weight excluding hydrogens is 128 g/mol. The molecule has 0 unspecified atom stereocenters. The van der Waals surface area contributed by atoms with Gasteiger partial charge in [0.2, 0.25) is 0 Å². The predicted molar refractivity (Wildman–Crippen MR) is 40.9 cm³/mol. The van der Waals surface area contributed by atoms with Gasteiger partial charge in [0.15, 0.2) is 0 Å². The van der Waals surface area contributed by atoms with Crippen LogP contribution in [0.25, 0.3) is 0 Å². The summed E-state index contributed by atoms with van der Waals surface area (Å²) in [5.74, 6) is 0. The number of hydrogen-bond donors (Lipinski definition) is 1. The molecule has 0 aromatic rings. The molecule has 1 aliphatic heterocycles. The minimum atomic E-state index is 0.333. The van der Waals surface area contributed by atoms with E-state index in [1.54, 1.807) is 0 Å². The van der Waals surface area contributed by atoms with Crippen LogP contribution in [0.2, 0.25) is 0 Å². The lowest BCUT2D eigenvalue weighted by atomic mass is 10.1. The highest BCUT2D eigenvalue weighted by Gasteiger charge is 2.14. The van der Waals surface area contributed by atoms with Crippen molar-refractivity contribution in [2.45, 2.75) is 32.2 Å². The van der Waals surface area contributed by atoms with Crippen LogP contribution in [0.15, 0.2) is 4.99 Å². The SMILES string of the molecule is CCCC[C@@H]1COC(N)=N1. The van der Waals surface area contributed by atoms with Crippen molar-refractivity contribution in [3.05, 3.63) is 0 Å². The van der Waals surface area contributed by atoms with Crippen molar-refractivity contribution in [3.63, 3.8) is 0 Å². The average molecular weight is 142 g/mol. The summed E-state index contributed by atoms with van der Waals surface area (Å²) < 4.78 is 4.99. The fourth-order valence-electron chi connectivity index (χ4n) is 1.02. The average Bonchev–Trinajstić information content (AvgIpc) is 2.31. The molecule has 0 aromatic carbocycles. The van der Waals surface area contributed by atoms with Crippen molar-refractivity contribution in [1.82, 2.24) is 0 Å². The molecule has 58 valence electrons. The molecule has 0 spiro atoms. The van der Waals surface area contributed by atoms with E-state index in [2.05, 4.69) is 11.9 Å². The van der Waals surface area contributed by atoms with E-state index in [1.165, 1.54) is 12.8 Å². The van der Waals surface area contributed by atoms with Gasteiger partial charge in [0.1, 0.15) is 6.61 Å². The van der Waals surface area contributed by atoms with Gasteiger partial charge in [-0.25, -0.2) is 4.99 Å². The van der Waals surface area contributed by atoms with Gasteiger partial charge in [-0.15, -0.1) is 0 Å². The monoisotopic (exact) mass is 142 g/mol. The maximum absolute atomic E-state index is 5.32. The molecule has 1 aliphatic rings. The molecule has 0 fully saturated rings. The van der Waals surface area contributed by atoms with Crippen LogP contribution < -0.4 is 5.73 Å². The summed E-state index contributed by atoms with van der Waals surface area (Å²) in [5.41, 5.74) is 5.32. The van der Waals surface area contributed by atoms with Gasteiger partial charge in [-0.3, -0.25) is 0 Å². The first-order valence-electron chi connectivity index (χ1n) is 3.79. The zero-order valence-electron chi connectivity index (χ0n) is 6.34. The predicted octanol–water partition coefficient (Wildman–Crippen LogP) is 0.890. The van der Waals surface area contributed by atoms with Crippen LogP contribution in [0.1, 0.15) is 26.2 Å². The van der Waals surface area contributed by atoms with Crippen LogP contribution in [0, 0.1) is 0 Å². The van der Waals surface area contributed by atoms with Crippen molar-refractivity contribution in [2.75, 3.05) is 6.61 Å². The van der Waals surface area contributed by atoms with E-state index in [-0.39, 0.29) is 0 Å². The molecule has 0 radical (unpaired) electrons. The Morgan fingerprint density at radius 3 is 3.10 bits per heavy atom. The highest BCUT2D eigenvalue weighted by atomic mass is 16.5. The van der Waals surface area contributed by atoms with Crippen molar-refractivity contribution >= 4 is 6.02 Å². The third-order valence-electron chi connectivity index (χ3n) is 1.62. The molecule has 1 rings (SSSR count). The van der Waals surface area contributed by atoms with Crippen LogP contribution in [-0.4, -0.2) is 18.7 Å². The summed E-state index contributed by atoms with van der Waals surface area (Å²) in [5, 5.41) is 0. The van der Waals surface area contributed by atoms with E-state index in [0.717, 1.165) is 6.42 Å². The van der Waals surface area contributed by atoms with Crippen molar-refractivity contribution in [3.8, 4) is 0 Å². The Morgan fingerprint density at radius 2 is 2.60 bits per heavy atom. The van der Waals surface area contributed by atoms with Crippen LogP contribution in [0.3, 0.4) is 0 Å². The third-order valence-corrected chi connectivity index (χ3v) is 1.62. The number of rotatable bonds is 3. The lowest BCUT2D eigenvalue weighted by Gasteiger charge is -2.00. The second-order valence-corrected chi connectivity index (χ2v) is 2.57. The zero-order chi connectivity index (χ0) is 7.40. The molecule has 0 saturated heterocycles. The van der Waals surface area contributed by atoms with Gasteiger partial charge in [0.25, 0.3) is 6.02 Å². The number of hydrogen-bond acceptors (Lipinski definition) is 3. The standard InChI is InChI=1S/C7H14N2O/c1-2-3-4-6-5-10-7(8)9-6/h6H,2-5H2,1H3,(H2,8,9)/t6-/m1/s1. The summed E-state index contributed by atoms with van der Waals surface area (Å²) >= 11 is 0. The number of unbranched alkanes of at least 4 members (excludes halogenated alkanes) is 1. The fourth-order valence-corrected chi connectivity index (χ4v) is 1.02. The van der Waals surface area contributed by atoms with Gasteiger partial charge in [-0.1, -0.05) is 19.8 Å². The third kappa shape index (κ3) is 1.90. The molecule has 0 amide bonds. The summed E-state index contributed by atoms with van der Waals surface area (Å²) in [6, 6.07) is 0.695. The second kappa shape index (κ2) is 3.44. The minimum Gasteiger partial charge on any atom is -0.463 e. The van der Waals surface area contributed by atoms with E-state index >= 15 is 0 Å². The number of aliphatic imine (C=N–C) groups is 1. The highest BCUT2D eigenvalue weighted by Crippen LogP contribution is 2.09. The first kappa shape index (κ1) is 7.38. The van der Waals surface area contributed by atoms with Crippen molar-refractivity contribution in [2.24, 2.45) is 10.7 Å². The van der Waals surface area contributed by atoms with Crippen molar-refractivity contribution in [1.29, 1.82) is 0 Å². The smallest absolute Gasteiger partial charge is 0.282 e. The Hall–Kier alpha value is -0.730.